The van der Waals surface area contributed by atoms with Crippen LogP contribution in [0.4, 0.5) is 0 Å². The second kappa shape index (κ2) is 7.78. The van der Waals surface area contributed by atoms with Crippen LogP contribution in [0.15, 0.2) is 0 Å². The van der Waals surface area contributed by atoms with E-state index in [2.05, 4.69) is 24.1 Å². The molecule has 1 saturated carbocycles. The fourth-order valence-electron chi connectivity index (χ4n) is 2.91. The summed E-state index contributed by atoms with van der Waals surface area (Å²) in [5.41, 5.74) is 0. The van der Waals surface area contributed by atoms with E-state index in [9.17, 15) is 4.79 Å². The van der Waals surface area contributed by atoms with Crippen molar-refractivity contribution < 1.29 is 4.79 Å². The Morgan fingerprint density at radius 1 is 1.11 bits per heavy atom. The average Bonchev–Trinajstić information content (AvgIpc) is 2.42. The van der Waals surface area contributed by atoms with Crippen molar-refractivity contribution in [1.82, 2.24) is 10.2 Å². The molecule has 2 rings (SSSR count). The first-order chi connectivity index (χ1) is 8.68. The highest BCUT2D eigenvalue weighted by Crippen LogP contribution is 2.30. The summed E-state index contributed by atoms with van der Waals surface area (Å²) in [7, 11) is 0. The number of amides is 1. The van der Waals surface area contributed by atoms with Crippen molar-refractivity contribution in [3.8, 4) is 0 Å². The maximum atomic E-state index is 12.4. The maximum Gasteiger partial charge on any atom is 0.226 e. The van der Waals surface area contributed by atoms with E-state index < -0.39 is 0 Å². The lowest BCUT2D eigenvalue weighted by Gasteiger charge is -2.37. The molecule has 0 unspecified atom stereocenters. The molecule has 2 fully saturated rings. The molecule has 18 heavy (non-hydrogen) atoms. The Morgan fingerprint density at radius 2 is 1.72 bits per heavy atom. The Kier molecular flexibility index (Phi) is 6.69. The molecular weight excluding hydrogens is 224 g/mol. The minimum atomic E-state index is 0.316. The summed E-state index contributed by atoms with van der Waals surface area (Å²) in [5.74, 6) is 1.56. The molecule has 1 atom stereocenters. The van der Waals surface area contributed by atoms with E-state index in [0.29, 0.717) is 17.9 Å². The van der Waals surface area contributed by atoms with Gasteiger partial charge in [-0.2, -0.15) is 0 Å². The van der Waals surface area contributed by atoms with Gasteiger partial charge in [-0.05, 0) is 38.5 Å². The summed E-state index contributed by atoms with van der Waals surface area (Å²) >= 11 is 0. The molecule has 1 aliphatic carbocycles. The van der Waals surface area contributed by atoms with E-state index in [4.69, 9.17) is 0 Å². The van der Waals surface area contributed by atoms with Crippen LogP contribution in [-0.2, 0) is 4.79 Å². The molecule has 1 N–H and O–H groups in total. The van der Waals surface area contributed by atoms with Crippen molar-refractivity contribution in [3.63, 3.8) is 0 Å². The van der Waals surface area contributed by atoms with Crippen LogP contribution in [0.25, 0.3) is 0 Å². The van der Waals surface area contributed by atoms with Crippen LogP contribution in [0.3, 0.4) is 0 Å². The van der Waals surface area contributed by atoms with E-state index in [-0.39, 0.29) is 0 Å². The van der Waals surface area contributed by atoms with Crippen LogP contribution < -0.4 is 5.32 Å². The van der Waals surface area contributed by atoms with E-state index in [1.165, 1.54) is 12.8 Å². The lowest BCUT2D eigenvalue weighted by atomic mass is 9.82. The molecule has 0 aromatic heterocycles. The first-order valence-electron chi connectivity index (χ1n) is 7.69. The molecule has 0 bridgehead atoms. The summed E-state index contributed by atoms with van der Waals surface area (Å²) in [4.78, 5) is 14.5. The third-order valence-electron chi connectivity index (χ3n) is 4.15. The van der Waals surface area contributed by atoms with Gasteiger partial charge in [-0.1, -0.05) is 20.8 Å². The molecule has 0 aromatic rings. The topological polar surface area (TPSA) is 32.3 Å². The van der Waals surface area contributed by atoms with Gasteiger partial charge in [-0.25, -0.2) is 0 Å². The van der Waals surface area contributed by atoms with Crippen molar-refractivity contribution in [1.29, 1.82) is 0 Å². The van der Waals surface area contributed by atoms with Crippen molar-refractivity contribution in [2.75, 3.05) is 19.6 Å². The molecule has 0 spiro atoms. The van der Waals surface area contributed by atoms with Gasteiger partial charge >= 0.3 is 0 Å². The average molecular weight is 254 g/mol. The van der Waals surface area contributed by atoms with Gasteiger partial charge in [0.15, 0.2) is 0 Å². The van der Waals surface area contributed by atoms with Crippen LogP contribution in [0.1, 0.15) is 53.4 Å². The van der Waals surface area contributed by atoms with Gasteiger partial charge in [0.25, 0.3) is 0 Å². The smallest absolute Gasteiger partial charge is 0.226 e. The minimum Gasteiger partial charge on any atom is -0.337 e. The third kappa shape index (κ3) is 3.98. The monoisotopic (exact) mass is 254 g/mol. The van der Waals surface area contributed by atoms with Crippen LogP contribution in [0, 0.1) is 11.8 Å². The lowest BCUT2D eigenvalue weighted by molar-refractivity contribution is -0.139. The number of rotatable bonds is 1. The molecule has 0 aromatic carbocycles. The summed E-state index contributed by atoms with van der Waals surface area (Å²) < 4.78 is 0. The van der Waals surface area contributed by atoms with E-state index in [1.54, 1.807) is 0 Å². The van der Waals surface area contributed by atoms with Gasteiger partial charge in [0.2, 0.25) is 5.91 Å². The highest BCUT2D eigenvalue weighted by atomic mass is 16.2. The van der Waals surface area contributed by atoms with Gasteiger partial charge in [0.1, 0.15) is 0 Å². The van der Waals surface area contributed by atoms with E-state index in [1.807, 2.05) is 13.8 Å². The lowest BCUT2D eigenvalue weighted by Crippen LogP contribution is -2.54. The predicted octanol–water partition coefficient (Wildman–Crippen LogP) is 2.66. The van der Waals surface area contributed by atoms with Gasteiger partial charge in [-0.15, -0.1) is 0 Å². The second-order valence-corrected chi connectivity index (χ2v) is 5.54. The zero-order valence-corrected chi connectivity index (χ0v) is 12.5. The first kappa shape index (κ1) is 15.5. The van der Waals surface area contributed by atoms with E-state index in [0.717, 1.165) is 38.4 Å². The zero-order valence-electron chi connectivity index (χ0n) is 12.5. The fraction of sp³-hybridized carbons (Fsp3) is 0.933. The van der Waals surface area contributed by atoms with Crippen LogP contribution in [0.2, 0.25) is 0 Å². The zero-order chi connectivity index (χ0) is 13.5. The largest absolute Gasteiger partial charge is 0.337 e. The molecule has 3 heteroatoms. The standard InChI is InChI=1S/C13H24N2O.C2H6/c1-10-3-5-12(6-4-10)13(16)15-8-7-14-9-11(15)2;1-2/h10-12,14H,3-9H2,1-2H3;1-2H3/t10?,11-,12?;/m1./s1. The summed E-state index contributed by atoms with van der Waals surface area (Å²) in [6.45, 7) is 11.3. The molecule has 1 aliphatic heterocycles. The Bertz CT molecular complexity index is 247. The van der Waals surface area contributed by atoms with Crippen LogP contribution in [0.5, 0.6) is 0 Å². The number of carbonyl (C=O) groups excluding carboxylic acids is 1. The number of nitrogens with one attached hydrogen (secondary N) is 1. The molecule has 1 amide bonds. The number of hydrogen-bond acceptors (Lipinski definition) is 2. The van der Waals surface area contributed by atoms with Crippen LogP contribution >= 0.6 is 0 Å². The number of hydrogen-bond donors (Lipinski definition) is 1. The molecule has 1 saturated heterocycles. The van der Waals surface area contributed by atoms with Gasteiger partial charge in [-0.3, -0.25) is 4.79 Å². The Morgan fingerprint density at radius 3 is 2.28 bits per heavy atom. The molecule has 1 heterocycles. The van der Waals surface area contributed by atoms with Crippen molar-refractivity contribution in [3.05, 3.63) is 0 Å². The highest BCUT2D eigenvalue weighted by Gasteiger charge is 2.31. The Labute approximate surface area is 112 Å². The molecule has 0 radical (unpaired) electrons. The first-order valence-corrected chi connectivity index (χ1v) is 7.69. The SMILES string of the molecule is CC.CC1CCC(C(=O)N2CCNC[C@H]2C)CC1. The molecule has 2 aliphatic rings. The number of carbonyl (C=O) groups is 1. The second-order valence-electron chi connectivity index (χ2n) is 5.54. The van der Waals surface area contributed by atoms with Crippen molar-refractivity contribution in [2.45, 2.75) is 59.4 Å². The quantitative estimate of drug-likeness (QED) is 0.780. The summed E-state index contributed by atoms with van der Waals surface area (Å²) in [6, 6.07) is 0.376. The third-order valence-corrected chi connectivity index (χ3v) is 4.15. The summed E-state index contributed by atoms with van der Waals surface area (Å²) in [5, 5.41) is 3.34. The highest BCUT2D eigenvalue weighted by molar-refractivity contribution is 5.79. The summed E-state index contributed by atoms with van der Waals surface area (Å²) in [6.07, 6.45) is 4.68. The van der Waals surface area contributed by atoms with Gasteiger partial charge in [0, 0.05) is 31.6 Å². The minimum absolute atomic E-state index is 0.316. The van der Waals surface area contributed by atoms with Gasteiger partial charge in [0.05, 0.1) is 0 Å². The fourth-order valence-corrected chi connectivity index (χ4v) is 2.91. The Balaban J connectivity index is 0.000000771. The number of nitrogens with zero attached hydrogens (tertiary/aromatic N) is 1. The Hall–Kier alpha value is -0.570. The predicted molar refractivity (Wildman–Crippen MR) is 76.5 cm³/mol. The normalized spacial score (nSPS) is 32.4. The van der Waals surface area contributed by atoms with Crippen molar-refractivity contribution >= 4 is 5.91 Å². The van der Waals surface area contributed by atoms with Gasteiger partial charge < -0.3 is 10.2 Å². The molecule has 106 valence electrons. The molecular formula is C15H30N2O. The van der Waals surface area contributed by atoms with E-state index >= 15 is 0 Å². The number of piperazine rings is 1. The van der Waals surface area contributed by atoms with Crippen molar-refractivity contribution in [2.24, 2.45) is 11.8 Å². The van der Waals surface area contributed by atoms with Crippen LogP contribution in [-0.4, -0.2) is 36.5 Å². The molecule has 3 nitrogen and oxygen atoms in total. The maximum absolute atomic E-state index is 12.4.